The van der Waals surface area contributed by atoms with E-state index >= 15 is 0 Å². The van der Waals surface area contributed by atoms with Crippen LogP contribution in [0.2, 0.25) is 0 Å². The van der Waals surface area contributed by atoms with Crippen molar-refractivity contribution in [2.45, 2.75) is 71.6 Å². The molecule has 6 aromatic carbocycles. The minimum absolute atomic E-state index is 0.0504. The lowest BCUT2D eigenvalue weighted by atomic mass is 9.76. The van der Waals surface area contributed by atoms with E-state index in [0.29, 0.717) is 0 Å². The van der Waals surface area contributed by atoms with Crippen molar-refractivity contribution in [3.05, 3.63) is 156 Å². The van der Waals surface area contributed by atoms with Crippen LogP contribution in [0.4, 0.5) is 0 Å². The topological polar surface area (TPSA) is 0 Å². The Bertz CT molecular complexity index is 2060. The maximum Gasteiger partial charge on any atom is 0.0159 e. The van der Waals surface area contributed by atoms with Crippen LogP contribution in [0.25, 0.3) is 55.6 Å². The van der Waals surface area contributed by atoms with Crippen LogP contribution in [0.3, 0.4) is 0 Å². The van der Waals surface area contributed by atoms with Crippen molar-refractivity contribution in [2.24, 2.45) is 0 Å². The van der Waals surface area contributed by atoms with E-state index in [-0.39, 0.29) is 16.2 Å². The Morgan fingerprint density at radius 1 is 0.362 bits per heavy atom. The summed E-state index contributed by atoms with van der Waals surface area (Å²) in [6.45, 7) is 18.7. The highest BCUT2D eigenvalue weighted by Crippen LogP contribution is 2.54. The second kappa shape index (κ2) is 11.2. The molecule has 0 saturated heterocycles. The predicted molar refractivity (Wildman–Crippen MR) is 203 cm³/mol. The van der Waals surface area contributed by atoms with Crippen LogP contribution in [0.1, 0.15) is 77.6 Å². The summed E-state index contributed by atoms with van der Waals surface area (Å²) in [6, 6.07) is 49.8. The van der Waals surface area contributed by atoms with Gasteiger partial charge in [0.05, 0.1) is 0 Å². The number of rotatable bonds is 4. The average molecular weight is 611 g/mol. The molecule has 0 N–H and O–H groups in total. The fourth-order valence-electron chi connectivity index (χ4n) is 7.16. The molecule has 1 aliphatic rings. The van der Waals surface area contributed by atoms with Gasteiger partial charge in [0.15, 0.2) is 0 Å². The van der Waals surface area contributed by atoms with E-state index in [9.17, 15) is 0 Å². The largest absolute Gasteiger partial charge is 0.0622 e. The summed E-state index contributed by atoms with van der Waals surface area (Å²) in [6.07, 6.45) is 0. The molecule has 0 saturated carbocycles. The van der Waals surface area contributed by atoms with Gasteiger partial charge in [0.2, 0.25) is 0 Å². The van der Waals surface area contributed by atoms with Crippen molar-refractivity contribution < 1.29 is 0 Å². The molecule has 0 amide bonds. The fraction of sp³-hybridized carbons (Fsp3) is 0.234. The lowest BCUT2D eigenvalue weighted by Crippen LogP contribution is -2.19. The van der Waals surface area contributed by atoms with Gasteiger partial charge in [0.1, 0.15) is 0 Å². The maximum atomic E-state index is 2.49. The first-order chi connectivity index (χ1) is 22.3. The van der Waals surface area contributed by atoms with Crippen LogP contribution < -0.4 is 0 Å². The molecule has 6 aromatic rings. The van der Waals surface area contributed by atoms with Gasteiger partial charge in [0, 0.05) is 5.41 Å². The number of benzene rings is 6. The monoisotopic (exact) mass is 610 g/mol. The molecule has 7 rings (SSSR count). The minimum atomic E-state index is -0.0640. The minimum Gasteiger partial charge on any atom is -0.0622 e. The summed E-state index contributed by atoms with van der Waals surface area (Å²) in [5.41, 5.74) is 18.6. The average Bonchev–Trinajstić information content (AvgIpc) is 3.30. The number of hydrogen-bond donors (Lipinski definition) is 0. The highest BCUT2D eigenvalue weighted by molar-refractivity contribution is 5.93. The zero-order chi connectivity index (χ0) is 33.1. The van der Waals surface area contributed by atoms with E-state index in [0.717, 1.165) is 0 Å². The summed E-state index contributed by atoms with van der Waals surface area (Å²) >= 11 is 0. The molecule has 0 heteroatoms. The van der Waals surface area contributed by atoms with E-state index in [1.807, 2.05) is 0 Å². The molecule has 0 spiro atoms. The normalized spacial score (nSPS) is 13.7. The summed E-state index contributed by atoms with van der Waals surface area (Å²) in [5, 5.41) is 0. The van der Waals surface area contributed by atoms with Crippen LogP contribution in [0, 0.1) is 0 Å². The molecule has 0 nitrogen and oxygen atoms in total. The molecule has 0 unspecified atom stereocenters. The Hall–Kier alpha value is -4.68. The molecule has 0 heterocycles. The zero-order valence-electron chi connectivity index (χ0n) is 29.2. The standard InChI is InChI=1S/C47H46/c1-45(2,3)38-26-27-40-42(29-38)47(7,8)43-30-39(46(4,5)6)28-41(44(40)43)37-24-22-36(23-25-37)35-20-18-34(19-21-35)33-16-14-32(15-17-33)31-12-10-9-11-13-31/h9-30H,1-8H3. The van der Waals surface area contributed by atoms with Crippen LogP contribution in [0.5, 0.6) is 0 Å². The van der Waals surface area contributed by atoms with Gasteiger partial charge in [-0.15, -0.1) is 0 Å². The van der Waals surface area contributed by atoms with Crippen molar-refractivity contribution >= 4 is 0 Å². The van der Waals surface area contributed by atoms with Crippen LogP contribution in [0.15, 0.2) is 133 Å². The highest BCUT2D eigenvalue weighted by atomic mass is 14.4. The SMILES string of the molecule is CC(C)(C)c1ccc2c(c1)C(C)(C)c1cc(C(C)(C)C)cc(-c3ccc(-c4ccc(-c5ccc(-c6ccccc6)cc5)cc4)cc3)c1-2. The van der Waals surface area contributed by atoms with Gasteiger partial charge in [-0.3, -0.25) is 0 Å². The third-order valence-corrected chi connectivity index (χ3v) is 10.2. The van der Waals surface area contributed by atoms with Gasteiger partial charge >= 0.3 is 0 Å². The quantitative estimate of drug-likeness (QED) is 0.186. The van der Waals surface area contributed by atoms with E-state index in [4.69, 9.17) is 0 Å². The predicted octanol–water partition coefficient (Wildman–Crippen LogP) is 13.3. The Morgan fingerprint density at radius 3 is 1.21 bits per heavy atom. The second-order valence-corrected chi connectivity index (χ2v) is 15.9. The Labute approximate surface area is 282 Å². The molecule has 0 bridgehead atoms. The van der Waals surface area contributed by atoms with Gasteiger partial charge in [-0.1, -0.05) is 183 Å². The van der Waals surface area contributed by atoms with Gasteiger partial charge in [-0.05, 0) is 94.8 Å². The third-order valence-electron chi connectivity index (χ3n) is 10.2. The van der Waals surface area contributed by atoms with E-state index in [1.54, 1.807) is 0 Å². The Balaban J connectivity index is 1.23. The van der Waals surface area contributed by atoms with Crippen molar-refractivity contribution in [3.8, 4) is 55.6 Å². The van der Waals surface area contributed by atoms with Crippen molar-refractivity contribution in [2.75, 3.05) is 0 Å². The van der Waals surface area contributed by atoms with E-state index < -0.39 is 0 Å². The van der Waals surface area contributed by atoms with E-state index in [2.05, 4.69) is 189 Å². The summed E-state index contributed by atoms with van der Waals surface area (Å²) in [7, 11) is 0. The van der Waals surface area contributed by atoms with Crippen LogP contribution >= 0.6 is 0 Å². The first kappa shape index (κ1) is 30.9. The lowest BCUT2D eigenvalue weighted by Gasteiger charge is -2.27. The molecule has 1 aliphatic carbocycles. The van der Waals surface area contributed by atoms with Crippen LogP contribution in [-0.4, -0.2) is 0 Å². The molecule has 0 atom stereocenters. The summed E-state index contributed by atoms with van der Waals surface area (Å²) in [4.78, 5) is 0. The molecular formula is C47H46. The fourth-order valence-corrected chi connectivity index (χ4v) is 7.16. The van der Waals surface area contributed by atoms with Gasteiger partial charge in [0.25, 0.3) is 0 Å². The molecule has 0 radical (unpaired) electrons. The van der Waals surface area contributed by atoms with Gasteiger partial charge < -0.3 is 0 Å². The second-order valence-electron chi connectivity index (χ2n) is 15.9. The molecule has 234 valence electrons. The maximum absolute atomic E-state index is 2.49. The zero-order valence-corrected chi connectivity index (χ0v) is 29.2. The number of hydrogen-bond acceptors (Lipinski definition) is 0. The molecular weight excluding hydrogens is 565 g/mol. The first-order valence-corrected chi connectivity index (χ1v) is 17.0. The highest BCUT2D eigenvalue weighted by Gasteiger charge is 2.39. The van der Waals surface area contributed by atoms with E-state index in [1.165, 1.54) is 77.9 Å². The van der Waals surface area contributed by atoms with Crippen molar-refractivity contribution in [1.82, 2.24) is 0 Å². The first-order valence-electron chi connectivity index (χ1n) is 17.0. The molecule has 47 heavy (non-hydrogen) atoms. The van der Waals surface area contributed by atoms with Crippen LogP contribution in [-0.2, 0) is 16.2 Å². The van der Waals surface area contributed by atoms with Crippen molar-refractivity contribution in [1.29, 1.82) is 0 Å². The number of fused-ring (bicyclic) bond motifs is 3. The summed E-state index contributed by atoms with van der Waals surface area (Å²) in [5.74, 6) is 0. The van der Waals surface area contributed by atoms with Crippen molar-refractivity contribution in [3.63, 3.8) is 0 Å². The van der Waals surface area contributed by atoms with Gasteiger partial charge in [-0.25, -0.2) is 0 Å². The molecule has 0 aliphatic heterocycles. The Kier molecular flexibility index (Phi) is 7.40. The Morgan fingerprint density at radius 2 is 0.766 bits per heavy atom. The summed E-state index contributed by atoms with van der Waals surface area (Å²) < 4.78 is 0. The lowest BCUT2D eigenvalue weighted by molar-refractivity contribution is 0.580. The molecule has 0 aromatic heterocycles. The smallest absolute Gasteiger partial charge is 0.0159 e. The third kappa shape index (κ3) is 5.65. The molecule has 0 fully saturated rings. The van der Waals surface area contributed by atoms with Gasteiger partial charge in [-0.2, -0.15) is 0 Å².